The largest absolute Gasteiger partial charge is 0.767 e. The first-order valence-electron chi connectivity index (χ1n) is 9.60. The number of halogens is 2. The van der Waals surface area contributed by atoms with Gasteiger partial charge in [0.2, 0.25) is 11.8 Å². The number of amides is 1. The summed E-state index contributed by atoms with van der Waals surface area (Å²) in [5, 5.41) is 2.45. The molecule has 8 heteroatoms. The molecule has 2 aliphatic rings. The van der Waals surface area contributed by atoms with Gasteiger partial charge in [0, 0.05) is 30.6 Å². The molecule has 0 saturated heterocycles. The summed E-state index contributed by atoms with van der Waals surface area (Å²) in [6.45, 7) is 0. The maximum atomic E-state index is 14.1. The smallest absolute Gasteiger partial charge is 0.248 e. The third kappa shape index (κ3) is 5.31. The minimum Gasteiger partial charge on any atom is -0.767 e. The Bertz CT molecular complexity index is 693. The van der Waals surface area contributed by atoms with Gasteiger partial charge in [0.15, 0.2) is 0 Å². The lowest BCUT2D eigenvalue weighted by atomic mass is 9.68. The highest BCUT2D eigenvalue weighted by Gasteiger charge is 2.46. The predicted molar refractivity (Wildman–Crippen MR) is 97.0 cm³/mol. The number of carbonyl (C=O) groups excluding carboxylic acids is 1. The van der Waals surface area contributed by atoms with Crippen molar-refractivity contribution in [3.8, 4) is 0 Å². The van der Waals surface area contributed by atoms with Gasteiger partial charge < -0.3 is 9.87 Å². The van der Waals surface area contributed by atoms with Crippen LogP contribution in [0.5, 0.6) is 0 Å². The van der Waals surface area contributed by atoms with Crippen LogP contribution in [0, 0.1) is 17.8 Å². The van der Waals surface area contributed by atoms with Gasteiger partial charge in [-0.05, 0) is 41.5 Å². The molecule has 3 rings (SSSR count). The van der Waals surface area contributed by atoms with Gasteiger partial charge in [-0.25, -0.2) is 13.8 Å². The Labute approximate surface area is 160 Å². The fraction of sp³-hybridized carbons (Fsp3) is 0.684. The van der Waals surface area contributed by atoms with Crippen LogP contribution in [0.25, 0.3) is 0 Å². The molecule has 0 radical (unpaired) electrons. The van der Waals surface area contributed by atoms with E-state index in [9.17, 15) is 22.3 Å². The second kappa shape index (κ2) is 8.73. The first-order chi connectivity index (χ1) is 12.9. The molecule has 2 saturated carbocycles. The Morgan fingerprint density at radius 1 is 1.22 bits per heavy atom. The standard InChI is InChI=1S/C19H26F2N2O3S/c20-19(21)9-7-15(13-5-3-1-2-4-6-13)16(12-19)18(24)23-14-8-10-22-17(11-14)27(25)26/h8,10-11,13,15-16H,1-7,9,12H2,(H,25,26)(H,22,23,24)/p-1. The summed E-state index contributed by atoms with van der Waals surface area (Å²) in [5.41, 5.74) is 0.266. The van der Waals surface area contributed by atoms with Crippen molar-refractivity contribution in [3.63, 3.8) is 0 Å². The SMILES string of the molecule is O=C(Nc1ccnc(S(=O)[O-])c1)C1CC(F)(F)CCC1C1CCCCCC1. The van der Waals surface area contributed by atoms with Gasteiger partial charge in [0.1, 0.15) is 5.03 Å². The summed E-state index contributed by atoms with van der Waals surface area (Å²) >= 11 is -2.52. The van der Waals surface area contributed by atoms with Crippen LogP contribution < -0.4 is 5.32 Å². The van der Waals surface area contributed by atoms with E-state index >= 15 is 0 Å². The fourth-order valence-corrected chi connectivity index (χ4v) is 4.93. The fourth-order valence-electron chi connectivity index (χ4n) is 4.56. The zero-order valence-electron chi connectivity index (χ0n) is 15.2. The molecule has 150 valence electrons. The van der Waals surface area contributed by atoms with Gasteiger partial charge in [-0.15, -0.1) is 0 Å². The highest BCUT2D eigenvalue weighted by atomic mass is 32.2. The Morgan fingerprint density at radius 2 is 1.93 bits per heavy atom. The Kier molecular flexibility index (Phi) is 6.57. The zero-order valence-corrected chi connectivity index (χ0v) is 16.0. The van der Waals surface area contributed by atoms with E-state index in [-0.39, 0.29) is 23.1 Å². The summed E-state index contributed by atoms with van der Waals surface area (Å²) in [4.78, 5) is 16.6. The van der Waals surface area contributed by atoms with Crippen LogP contribution in [0.1, 0.15) is 57.8 Å². The first-order valence-corrected chi connectivity index (χ1v) is 10.7. The van der Waals surface area contributed by atoms with E-state index in [2.05, 4.69) is 10.3 Å². The monoisotopic (exact) mass is 399 g/mol. The molecular formula is C19H25F2N2O3S-. The normalized spacial score (nSPS) is 27.5. The number of hydrogen-bond acceptors (Lipinski definition) is 4. The summed E-state index contributed by atoms with van der Waals surface area (Å²) in [7, 11) is 0. The summed E-state index contributed by atoms with van der Waals surface area (Å²) in [6.07, 6.45) is 7.55. The highest BCUT2D eigenvalue weighted by molar-refractivity contribution is 7.79. The van der Waals surface area contributed by atoms with Crippen molar-refractivity contribution >= 4 is 22.7 Å². The maximum Gasteiger partial charge on any atom is 0.248 e. The van der Waals surface area contributed by atoms with Crippen molar-refractivity contribution in [2.24, 2.45) is 17.8 Å². The number of rotatable bonds is 4. The topological polar surface area (TPSA) is 82.1 Å². The number of aromatic nitrogens is 1. The molecule has 0 bridgehead atoms. The van der Waals surface area contributed by atoms with Crippen LogP contribution in [-0.4, -0.2) is 25.6 Å². The van der Waals surface area contributed by atoms with E-state index in [1.165, 1.54) is 31.2 Å². The van der Waals surface area contributed by atoms with Crippen LogP contribution in [0.4, 0.5) is 14.5 Å². The predicted octanol–water partition coefficient (Wildman–Crippen LogP) is 4.28. The Balaban J connectivity index is 1.77. The lowest BCUT2D eigenvalue weighted by molar-refractivity contribution is -0.134. The molecule has 1 aromatic heterocycles. The van der Waals surface area contributed by atoms with Gasteiger partial charge in [0.25, 0.3) is 0 Å². The highest BCUT2D eigenvalue weighted by Crippen LogP contribution is 2.46. The molecule has 3 atom stereocenters. The van der Waals surface area contributed by atoms with E-state index in [1.54, 1.807) is 0 Å². The summed E-state index contributed by atoms with van der Waals surface area (Å²) in [5.74, 6) is -3.77. The number of nitrogens with zero attached hydrogens (tertiary/aromatic N) is 1. The molecular weight excluding hydrogens is 374 g/mol. The molecule has 0 aromatic carbocycles. The van der Waals surface area contributed by atoms with Crippen molar-refractivity contribution < 1.29 is 22.3 Å². The van der Waals surface area contributed by atoms with E-state index in [4.69, 9.17) is 0 Å². The number of nitrogens with one attached hydrogen (secondary N) is 1. The molecule has 1 N–H and O–H groups in total. The van der Waals surface area contributed by atoms with Gasteiger partial charge in [-0.2, -0.15) is 0 Å². The van der Waals surface area contributed by atoms with Gasteiger partial charge in [-0.3, -0.25) is 9.00 Å². The van der Waals surface area contributed by atoms with Crippen molar-refractivity contribution in [1.82, 2.24) is 4.98 Å². The van der Waals surface area contributed by atoms with Gasteiger partial charge in [-0.1, -0.05) is 38.5 Å². The molecule has 0 aliphatic heterocycles. The third-order valence-electron chi connectivity index (χ3n) is 5.89. The molecule has 1 aromatic rings. The van der Waals surface area contributed by atoms with Gasteiger partial charge in [0.05, 0.1) is 0 Å². The Morgan fingerprint density at radius 3 is 2.59 bits per heavy atom. The van der Waals surface area contributed by atoms with Crippen molar-refractivity contribution in [1.29, 1.82) is 0 Å². The van der Waals surface area contributed by atoms with Crippen molar-refractivity contribution in [2.45, 2.75) is 68.7 Å². The zero-order chi connectivity index (χ0) is 19.4. The third-order valence-corrected chi connectivity index (χ3v) is 6.46. The van der Waals surface area contributed by atoms with E-state index in [0.717, 1.165) is 25.7 Å². The van der Waals surface area contributed by atoms with Crippen molar-refractivity contribution in [2.75, 3.05) is 5.32 Å². The second-order valence-electron chi connectivity index (χ2n) is 7.73. The molecule has 0 spiro atoms. The number of pyridine rings is 1. The molecule has 2 aliphatic carbocycles. The second-order valence-corrected chi connectivity index (χ2v) is 8.62. The number of carbonyl (C=O) groups is 1. The lowest BCUT2D eigenvalue weighted by Crippen LogP contribution is -2.42. The molecule has 1 heterocycles. The Hall–Kier alpha value is -1.41. The molecule has 2 fully saturated rings. The summed E-state index contributed by atoms with van der Waals surface area (Å²) < 4.78 is 50.2. The molecule has 1 amide bonds. The number of anilines is 1. The van der Waals surface area contributed by atoms with Gasteiger partial charge >= 0.3 is 0 Å². The molecule has 3 unspecified atom stereocenters. The van der Waals surface area contributed by atoms with Crippen LogP contribution in [0.3, 0.4) is 0 Å². The first kappa shape index (κ1) is 20.3. The number of alkyl halides is 2. The molecule has 5 nitrogen and oxygen atoms in total. The van der Waals surface area contributed by atoms with Crippen LogP contribution in [0.15, 0.2) is 23.4 Å². The average Bonchev–Trinajstić information content (AvgIpc) is 2.90. The van der Waals surface area contributed by atoms with Crippen LogP contribution in [0.2, 0.25) is 0 Å². The van der Waals surface area contributed by atoms with Crippen LogP contribution >= 0.6 is 0 Å². The molecule has 27 heavy (non-hydrogen) atoms. The van der Waals surface area contributed by atoms with E-state index < -0.39 is 35.2 Å². The van der Waals surface area contributed by atoms with Crippen LogP contribution in [-0.2, 0) is 15.9 Å². The summed E-state index contributed by atoms with van der Waals surface area (Å²) in [6, 6.07) is 2.71. The van der Waals surface area contributed by atoms with E-state index in [0.29, 0.717) is 12.3 Å². The minimum absolute atomic E-state index is 0.0438. The average molecular weight is 399 g/mol. The van der Waals surface area contributed by atoms with E-state index in [1.807, 2.05) is 0 Å². The van der Waals surface area contributed by atoms with Crippen molar-refractivity contribution in [3.05, 3.63) is 18.3 Å². The maximum absolute atomic E-state index is 14.1. The minimum atomic E-state index is -2.83. The quantitative estimate of drug-likeness (QED) is 0.605. The lowest BCUT2D eigenvalue weighted by Gasteiger charge is -2.39. The number of hydrogen-bond donors (Lipinski definition) is 1.